The van der Waals surface area contributed by atoms with E-state index >= 15 is 0 Å². The van der Waals surface area contributed by atoms with Crippen molar-refractivity contribution < 1.29 is 26.4 Å². The Morgan fingerprint density at radius 3 is 2.43 bits per heavy atom. The summed E-state index contributed by atoms with van der Waals surface area (Å²) < 4.78 is 62.2. The van der Waals surface area contributed by atoms with Crippen LogP contribution in [0.25, 0.3) is 0 Å². The van der Waals surface area contributed by atoms with E-state index in [1.54, 1.807) is 19.2 Å². The Morgan fingerprint density at radius 2 is 1.90 bits per heavy atom. The van der Waals surface area contributed by atoms with Gasteiger partial charge in [0, 0.05) is 11.6 Å². The zero-order valence-corrected chi connectivity index (χ0v) is 12.2. The molecule has 0 spiro atoms. The van der Waals surface area contributed by atoms with Gasteiger partial charge < -0.3 is 5.32 Å². The Kier molecular flexibility index (Phi) is 5.35. The molecule has 118 valence electrons. The molecule has 2 N–H and O–H groups in total. The quantitative estimate of drug-likeness (QED) is 0.865. The van der Waals surface area contributed by atoms with Crippen molar-refractivity contribution in [3.63, 3.8) is 0 Å². The van der Waals surface area contributed by atoms with Crippen LogP contribution in [0.1, 0.15) is 24.2 Å². The monoisotopic (exact) mass is 324 g/mol. The SMILES string of the molecule is CC(C)NS(=O)(=O)c1cccc(C(=O)NCC(F)(F)F)c1. The Hall–Kier alpha value is -1.61. The van der Waals surface area contributed by atoms with E-state index in [-0.39, 0.29) is 16.5 Å². The van der Waals surface area contributed by atoms with Crippen LogP contribution in [-0.4, -0.2) is 33.1 Å². The number of halogens is 3. The second-order valence-corrected chi connectivity index (χ2v) is 6.32. The highest BCUT2D eigenvalue weighted by Crippen LogP contribution is 2.14. The Morgan fingerprint density at radius 1 is 1.29 bits per heavy atom. The first-order valence-corrected chi connectivity index (χ1v) is 7.47. The molecule has 0 atom stereocenters. The first-order chi connectivity index (χ1) is 9.51. The van der Waals surface area contributed by atoms with E-state index in [1.807, 2.05) is 0 Å². The first kappa shape index (κ1) is 17.4. The molecule has 1 rings (SSSR count). The van der Waals surface area contributed by atoms with Crippen molar-refractivity contribution >= 4 is 15.9 Å². The van der Waals surface area contributed by atoms with Gasteiger partial charge in [0.25, 0.3) is 5.91 Å². The van der Waals surface area contributed by atoms with Crippen LogP contribution in [0.3, 0.4) is 0 Å². The molecule has 0 aliphatic carbocycles. The molecule has 0 aliphatic rings. The summed E-state index contributed by atoms with van der Waals surface area (Å²) in [6.07, 6.45) is -4.53. The summed E-state index contributed by atoms with van der Waals surface area (Å²) in [6.45, 7) is 1.77. The summed E-state index contributed by atoms with van der Waals surface area (Å²) >= 11 is 0. The molecule has 0 aliphatic heterocycles. The van der Waals surface area contributed by atoms with Crippen LogP contribution in [-0.2, 0) is 10.0 Å². The molecule has 1 aromatic rings. The molecule has 0 saturated heterocycles. The fraction of sp³-hybridized carbons (Fsp3) is 0.417. The predicted molar refractivity (Wildman–Crippen MR) is 70.3 cm³/mol. The van der Waals surface area contributed by atoms with E-state index in [2.05, 4.69) is 4.72 Å². The van der Waals surface area contributed by atoms with Gasteiger partial charge in [-0.1, -0.05) is 6.07 Å². The standard InChI is InChI=1S/C12H15F3N2O3S/c1-8(2)17-21(19,20)10-5-3-4-9(6-10)11(18)16-7-12(13,14)15/h3-6,8,17H,7H2,1-2H3,(H,16,18). The molecular weight excluding hydrogens is 309 g/mol. The van der Waals surface area contributed by atoms with Crippen molar-refractivity contribution in [3.05, 3.63) is 29.8 Å². The third kappa shape index (κ3) is 5.72. The van der Waals surface area contributed by atoms with E-state index in [4.69, 9.17) is 0 Å². The summed E-state index contributed by atoms with van der Waals surface area (Å²) in [5, 5.41) is 1.68. The average molecular weight is 324 g/mol. The molecular formula is C12H15F3N2O3S. The normalized spacial score (nSPS) is 12.5. The summed E-state index contributed by atoms with van der Waals surface area (Å²) in [4.78, 5) is 11.4. The minimum atomic E-state index is -4.53. The lowest BCUT2D eigenvalue weighted by molar-refractivity contribution is -0.123. The lowest BCUT2D eigenvalue weighted by atomic mass is 10.2. The molecule has 0 bridgehead atoms. The molecule has 1 amide bonds. The largest absolute Gasteiger partial charge is 0.405 e. The van der Waals surface area contributed by atoms with Crippen LogP contribution in [0.2, 0.25) is 0 Å². The minimum Gasteiger partial charge on any atom is -0.343 e. The van der Waals surface area contributed by atoms with Gasteiger partial charge in [0.1, 0.15) is 6.54 Å². The van der Waals surface area contributed by atoms with Crippen LogP contribution in [0.5, 0.6) is 0 Å². The highest BCUT2D eigenvalue weighted by Gasteiger charge is 2.28. The Bertz CT molecular complexity index is 612. The van der Waals surface area contributed by atoms with Gasteiger partial charge in [-0.3, -0.25) is 4.79 Å². The van der Waals surface area contributed by atoms with Crippen LogP contribution >= 0.6 is 0 Å². The second kappa shape index (κ2) is 6.44. The van der Waals surface area contributed by atoms with Crippen molar-refractivity contribution in [2.45, 2.75) is 31.0 Å². The average Bonchev–Trinajstić information content (AvgIpc) is 2.33. The van der Waals surface area contributed by atoms with E-state index in [0.29, 0.717) is 0 Å². The van der Waals surface area contributed by atoms with E-state index < -0.39 is 28.7 Å². The number of nitrogens with one attached hydrogen (secondary N) is 2. The molecule has 0 radical (unpaired) electrons. The number of rotatable bonds is 5. The molecule has 0 unspecified atom stereocenters. The third-order valence-electron chi connectivity index (χ3n) is 2.25. The van der Waals surface area contributed by atoms with Crippen LogP contribution < -0.4 is 10.0 Å². The predicted octanol–water partition coefficient (Wildman–Crippen LogP) is 1.67. The van der Waals surface area contributed by atoms with Gasteiger partial charge in [0.2, 0.25) is 10.0 Å². The van der Waals surface area contributed by atoms with Crippen molar-refractivity contribution in [1.82, 2.24) is 10.0 Å². The van der Waals surface area contributed by atoms with Gasteiger partial charge in [-0.05, 0) is 32.0 Å². The fourth-order valence-corrected chi connectivity index (χ4v) is 2.76. The van der Waals surface area contributed by atoms with Gasteiger partial charge in [0.05, 0.1) is 4.90 Å². The summed E-state index contributed by atoms with van der Waals surface area (Å²) in [5.41, 5.74) is -0.161. The van der Waals surface area contributed by atoms with Crippen molar-refractivity contribution in [1.29, 1.82) is 0 Å². The maximum Gasteiger partial charge on any atom is 0.405 e. The molecule has 0 heterocycles. The maximum absolute atomic E-state index is 12.0. The zero-order chi connectivity index (χ0) is 16.3. The fourth-order valence-electron chi connectivity index (χ4n) is 1.47. The van der Waals surface area contributed by atoms with E-state index in [0.717, 1.165) is 6.07 Å². The number of hydrogen-bond acceptors (Lipinski definition) is 3. The minimum absolute atomic E-state index is 0.161. The van der Waals surface area contributed by atoms with Crippen molar-refractivity contribution in [3.8, 4) is 0 Å². The number of sulfonamides is 1. The number of hydrogen-bond donors (Lipinski definition) is 2. The second-order valence-electron chi connectivity index (χ2n) is 4.60. The molecule has 0 aromatic heterocycles. The number of amides is 1. The number of carbonyl (C=O) groups excluding carboxylic acids is 1. The Labute approximate surface area is 120 Å². The topological polar surface area (TPSA) is 75.3 Å². The molecule has 1 aromatic carbocycles. The van der Waals surface area contributed by atoms with Gasteiger partial charge in [-0.2, -0.15) is 13.2 Å². The summed E-state index contributed by atoms with van der Waals surface area (Å²) in [7, 11) is -3.81. The molecule has 9 heteroatoms. The Balaban J connectivity index is 2.93. The molecule has 5 nitrogen and oxygen atoms in total. The van der Waals surface area contributed by atoms with Gasteiger partial charge in [-0.25, -0.2) is 13.1 Å². The van der Waals surface area contributed by atoms with Crippen molar-refractivity contribution in [2.24, 2.45) is 0 Å². The summed E-state index contributed by atoms with van der Waals surface area (Å²) in [5.74, 6) is -0.992. The van der Waals surface area contributed by atoms with E-state index in [9.17, 15) is 26.4 Å². The number of alkyl halides is 3. The lowest BCUT2D eigenvalue weighted by Gasteiger charge is -2.11. The van der Waals surface area contributed by atoms with Gasteiger partial charge in [0.15, 0.2) is 0 Å². The molecule has 21 heavy (non-hydrogen) atoms. The maximum atomic E-state index is 12.0. The zero-order valence-electron chi connectivity index (χ0n) is 11.4. The first-order valence-electron chi connectivity index (χ1n) is 5.98. The van der Waals surface area contributed by atoms with Crippen LogP contribution in [0, 0.1) is 0 Å². The highest BCUT2D eigenvalue weighted by molar-refractivity contribution is 7.89. The number of benzene rings is 1. The van der Waals surface area contributed by atoms with Crippen LogP contribution in [0.4, 0.5) is 13.2 Å². The van der Waals surface area contributed by atoms with E-state index in [1.165, 1.54) is 18.2 Å². The lowest BCUT2D eigenvalue weighted by Crippen LogP contribution is -2.34. The third-order valence-corrected chi connectivity index (χ3v) is 3.90. The van der Waals surface area contributed by atoms with Gasteiger partial charge in [-0.15, -0.1) is 0 Å². The van der Waals surface area contributed by atoms with Crippen LogP contribution in [0.15, 0.2) is 29.2 Å². The highest BCUT2D eigenvalue weighted by atomic mass is 32.2. The molecule has 0 fully saturated rings. The number of carbonyl (C=O) groups is 1. The van der Waals surface area contributed by atoms with Gasteiger partial charge >= 0.3 is 6.18 Å². The summed E-state index contributed by atoms with van der Waals surface area (Å²) in [6, 6.07) is 4.46. The smallest absolute Gasteiger partial charge is 0.343 e. The molecule has 0 saturated carbocycles. The van der Waals surface area contributed by atoms with Crippen molar-refractivity contribution in [2.75, 3.05) is 6.54 Å².